The molecule has 0 saturated heterocycles. The summed E-state index contributed by atoms with van der Waals surface area (Å²) >= 11 is 0. The highest BCUT2D eigenvalue weighted by Gasteiger charge is 2.42. The van der Waals surface area contributed by atoms with Crippen molar-refractivity contribution < 1.29 is 0 Å². The molecule has 1 fully saturated rings. The highest BCUT2D eigenvalue weighted by Crippen LogP contribution is 2.45. The maximum atomic E-state index is 6.29. The van der Waals surface area contributed by atoms with Crippen molar-refractivity contribution in [3.05, 3.63) is 29.8 Å². The van der Waals surface area contributed by atoms with Crippen molar-refractivity contribution in [2.45, 2.75) is 46.1 Å². The maximum absolute atomic E-state index is 6.29. The third-order valence-corrected chi connectivity index (χ3v) is 6.14. The fourth-order valence-electron chi connectivity index (χ4n) is 4.13. The smallest absolute Gasteiger partial charge is 0.0399 e. The van der Waals surface area contributed by atoms with Crippen LogP contribution in [0.2, 0.25) is 0 Å². The molecule has 1 heterocycles. The first-order valence-electron chi connectivity index (χ1n) is 8.08. The topological polar surface area (TPSA) is 29.3 Å². The van der Waals surface area contributed by atoms with Crippen molar-refractivity contribution in [1.29, 1.82) is 0 Å². The Bertz CT molecular complexity index is 480. The molecule has 0 bridgehead atoms. The first kappa shape index (κ1) is 13.9. The van der Waals surface area contributed by atoms with Crippen molar-refractivity contribution >= 4 is 5.69 Å². The molecule has 1 aromatic rings. The van der Waals surface area contributed by atoms with Gasteiger partial charge in [0.15, 0.2) is 0 Å². The van der Waals surface area contributed by atoms with Gasteiger partial charge < -0.3 is 10.6 Å². The second kappa shape index (κ2) is 5.07. The van der Waals surface area contributed by atoms with Gasteiger partial charge in [-0.05, 0) is 48.1 Å². The van der Waals surface area contributed by atoms with E-state index in [-0.39, 0.29) is 0 Å². The summed E-state index contributed by atoms with van der Waals surface area (Å²) in [6, 6.07) is 9.27. The zero-order valence-corrected chi connectivity index (χ0v) is 13.1. The molecule has 2 aliphatic rings. The number of hydrogen-bond acceptors (Lipinski definition) is 2. The van der Waals surface area contributed by atoms with Crippen LogP contribution in [0.4, 0.5) is 5.69 Å². The minimum absolute atomic E-state index is 0.342. The molecule has 3 rings (SSSR count). The van der Waals surface area contributed by atoms with Gasteiger partial charge >= 0.3 is 0 Å². The molecule has 1 saturated carbocycles. The minimum atomic E-state index is 0.342. The van der Waals surface area contributed by atoms with Crippen LogP contribution in [-0.2, 0) is 6.42 Å². The van der Waals surface area contributed by atoms with E-state index in [1.54, 1.807) is 0 Å². The Labute approximate surface area is 123 Å². The first-order chi connectivity index (χ1) is 9.50. The fraction of sp³-hybridized carbons (Fsp3) is 0.667. The lowest BCUT2D eigenvalue weighted by Gasteiger charge is -2.48. The van der Waals surface area contributed by atoms with Crippen LogP contribution in [0.3, 0.4) is 0 Å². The van der Waals surface area contributed by atoms with Crippen molar-refractivity contribution in [3.8, 4) is 0 Å². The molecular formula is C18H28N2. The van der Waals surface area contributed by atoms with Crippen molar-refractivity contribution in [3.63, 3.8) is 0 Å². The molecule has 3 unspecified atom stereocenters. The zero-order valence-electron chi connectivity index (χ0n) is 13.1. The lowest BCUT2D eigenvalue weighted by molar-refractivity contribution is 0.0584. The van der Waals surface area contributed by atoms with E-state index in [1.807, 2.05) is 0 Å². The van der Waals surface area contributed by atoms with E-state index in [2.05, 4.69) is 49.9 Å². The molecule has 0 amide bonds. The fourth-order valence-corrected chi connectivity index (χ4v) is 4.13. The van der Waals surface area contributed by atoms with E-state index >= 15 is 0 Å². The molecule has 1 aromatic carbocycles. The third kappa shape index (κ3) is 2.24. The molecular weight excluding hydrogens is 244 g/mol. The van der Waals surface area contributed by atoms with Gasteiger partial charge in [-0.3, -0.25) is 0 Å². The Balaban J connectivity index is 1.76. The molecule has 20 heavy (non-hydrogen) atoms. The summed E-state index contributed by atoms with van der Waals surface area (Å²) in [5.74, 6) is 1.36. The quantitative estimate of drug-likeness (QED) is 0.893. The van der Waals surface area contributed by atoms with Gasteiger partial charge in [-0.25, -0.2) is 0 Å². The molecule has 110 valence electrons. The average molecular weight is 272 g/mol. The van der Waals surface area contributed by atoms with Crippen LogP contribution in [0.25, 0.3) is 0 Å². The highest BCUT2D eigenvalue weighted by molar-refractivity contribution is 5.57. The van der Waals surface area contributed by atoms with Gasteiger partial charge in [0.25, 0.3) is 0 Å². The number of rotatable bonds is 2. The lowest BCUT2D eigenvalue weighted by atomic mass is 9.61. The predicted octanol–water partition coefficient (Wildman–Crippen LogP) is 3.45. The third-order valence-electron chi connectivity index (χ3n) is 6.14. The highest BCUT2D eigenvalue weighted by atomic mass is 15.1. The number of benzene rings is 1. The summed E-state index contributed by atoms with van der Waals surface area (Å²) < 4.78 is 0. The first-order valence-corrected chi connectivity index (χ1v) is 8.08. The summed E-state index contributed by atoms with van der Waals surface area (Å²) in [5, 5.41) is 0. The van der Waals surface area contributed by atoms with Crippen molar-refractivity contribution in [2.75, 3.05) is 18.0 Å². The Hall–Kier alpha value is -1.02. The predicted molar refractivity (Wildman–Crippen MR) is 86.0 cm³/mol. The van der Waals surface area contributed by atoms with Gasteiger partial charge in [0, 0.05) is 24.8 Å². The maximum Gasteiger partial charge on any atom is 0.0399 e. The zero-order chi connectivity index (χ0) is 14.3. The monoisotopic (exact) mass is 272 g/mol. The molecule has 0 aromatic heterocycles. The van der Waals surface area contributed by atoms with Crippen LogP contribution in [0.15, 0.2) is 24.3 Å². The van der Waals surface area contributed by atoms with E-state index in [0.717, 1.165) is 5.92 Å². The second-order valence-electron chi connectivity index (χ2n) is 7.37. The molecule has 1 aliphatic heterocycles. The molecule has 3 atom stereocenters. The largest absolute Gasteiger partial charge is 0.371 e. The normalized spacial score (nSPS) is 32.2. The SMILES string of the molecule is CC1C(N)CCC(CN2CCc3ccccc32)C1(C)C. The summed E-state index contributed by atoms with van der Waals surface area (Å²) in [6.07, 6.45) is 3.67. The standard InChI is InChI=1S/C18H28N2/c1-13-16(19)9-8-15(18(13,2)3)12-20-11-10-14-6-4-5-7-17(14)20/h4-7,13,15-16H,8-12,19H2,1-3H3. The van der Waals surface area contributed by atoms with Crippen LogP contribution >= 0.6 is 0 Å². The van der Waals surface area contributed by atoms with E-state index in [0.29, 0.717) is 17.4 Å². The molecule has 2 heteroatoms. The lowest BCUT2D eigenvalue weighted by Crippen LogP contribution is -2.49. The van der Waals surface area contributed by atoms with Gasteiger partial charge in [-0.2, -0.15) is 0 Å². The van der Waals surface area contributed by atoms with Crippen LogP contribution < -0.4 is 10.6 Å². The van der Waals surface area contributed by atoms with Crippen LogP contribution in [-0.4, -0.2) is 19.1 Å². The molecule has 0 radical (unpaired) electrons. The van der Waals surface area contributed by atoms with E-state index in [4.69, 9.17) is 5.73 Å². The molecule has 2 N–H and O–H groups in total. The molecule has 2 nitrogen and oxygen atoms in total. The summed E-state index contributed by atoms with van der Waals surface area (Å²) in [5.41, 5.74) is 9.61. The number of hydrogen-bond donors (Lipinski definition) is 1. The Morgan fingerprint density at radius 1 is 1.25 bits per heavy atom. The summed E-state index contributed by atoms with van der Waals surface area (Å²) in [7, 11) is 0. The van der Waals surface area contributed by atoms with Crippen molar-refractivity contribution in [1.82, 2.24) is 0 Å². The number of fused-ring (bicyclic) bond motifs is 1. The number of nitrogens with zero attached hydrogens (tertiary/aromatic N) is 1. The van der Waals surface area contributed by atoms with Gasteiger partial charge in [0.05, 0.1) is 0 Å². The summed E-state index contributed by atoms with van der Waals surface area (Å²) in [4.78, 5) is 2.60. The van der Waals surface area contributed by atoms with E-state index in [1.165, 1.54) is 43.6 Å². The molecule has 1 aliphatic carbocycles. The van der Waals surface area contributed by atoms with E-state index < -0.39 is 0 Å². The summed E-state index contributed by atoms with van der Waals surface area (Å²) in [6.45, 7) is 9.56. The Kier molecular flexibility index (Phi) is 3.53. The van der Waals surface area contributed by atoms with Gasteiger partial charge in [0.1, 0.15) is 0 Å². The van der Waals surface area contributed by atoms with Crippen LogP contribution in [0.5, 0.6) is 0 Å². The van der Waals surface area contributed by atoms with Gasteiger partial charge in [0.2, 0.25) is 0 Å². The van der Waals surface area contributed by atoms with Crippen molar-refractivity contribution in [2.24, 2.45) is 23.0 Å². The van der Waals surface area contributed by atoms with E-state index in [9.17, 15) is 0 Å². The second-order valence-corrected chi connectivity index (χ2v) is 7.37. The minimum Gasteiger partial charge on any atom is -0.371 e. The molecule has 0 spiro atoms. The number of anilines is 1. The Morgan fingerprint density at radius 2 is 2.00 bits per heavy atom. The number of nitrogens with two attached hydrogens (primary N) is 1. The van der Waals surface area contributed by atoms with Gasteiger partial charge in [-0.1, -0.05) is 39.0 Å². The van der Waals surface area contributed by atoms with Crippen LogP contribution in [0, 0.1) is 17.3 Å². The van der Waals surface area contributed by atoms with Crippen LogP contribution in [0.1, 0.15) is 39.2 Å². The Morgan fingerprint density at radius 3 is 2.80 bits per heavy atom. The van der Waals surface area contributed by atoms with Gasteiger partial charge in [-0.15, -0.1) is 0 Å². The average Bonchev–Trinajstić information content (AvgIpc) is 2.83. The number of para-hydroxylation sites is 1.